The molecule has 1 aromatic carbocycles. The first kappa shape index (κ1) is 18.2. The SMILES string of the molecule is CC(=O)c1ccc(N2CCN(c3ncccc3C(F)(F)F)CC2)c(F)c1. The van der Waals surface area contributed by atoms with E-state index >= 15 is 0 Å². The molecule has 1 aliphatic heterocycles. The maximum Gasteiger partial charge on any atom is 0.419 e. The van der Waals surface area contributed by atoms with Gasteiger partial charge in [0.25, 0.3) is 0 Å². The molecule has 0 saturated carbocycles. The summed E-state index contributed by atoms with van der Waals surface area (Å²) in [5, 5.41) is 0. The summed E-state index contributed by atoms with van der Waals surface area (Å²) >= 11 is 0. The van der Waals surface area contributed by atoms with E-state index in [4.69, 9.17) is 0 Å². The number of Topliss-reactive ketones (excluding diaryl/α,β-unsaturated/α-hetero) is 1. The Morgan fingerprint density at radius 1 is 1.08 bits per heavy atom. The molecule has 0 atom stereocenters. The Kier molecular flexibility index (Phi) is 4.84. The van der Waals surface area contributed by atoms with E-state index in [1.165, 1.54) is 31.3 Å². The molecule has 0 unspecified atom stereocenters. The molecule has 0 radical (unpaired) electrons. The van der Waals surface area contributed by atoms with Gasteiger partial charge in [0.05, 0.1) is 11.3 Å². The molecule has 0 spiro atoms. The number of pyridine rings is 1. The lowest BCUT2D eigenvalue weighted by Gasteiger charge is -2.37. The Hall–Kier alpha value is -2.64. The summed E-state index contributed by atoms with van der Waals surface area (Å²) in [5.41, 5.74) is -0.148. The molecule has 1 fully saturated rings. The maximum absolute atomic E-state index is 14.3. The van der Waals surface area contributed by atoms with Crippen molar-refractivity contribution in [3.05, 3.63) is 53.5 Å². The predicted octanol–water partition coefficient (Wildman–Crippen LogP) is 3.77. The smallest absolute Gasteiger partial charge is 0.366 e. The van der Waals surface area contributed by atoms with Crippen molar-refractivity contribution in [3.8, 4) is 0 Å². The van der Waals surface area contributed by atoms with Crippen molar-refractivity contribution in [2.75, 3.05) is 36.0 Å². The van der Waals surface area contributed by atoms with Gasteiger partial charge in [0.15, 0.2) is 5.78 Å². The quantitative estimate of drug-likeness (QED) is 0.611. The summed E-state index contributed by atoms with van der Waals surface area (Å²) in [6.45, 7) is 2.63. The van der Waals surface area contributed by atoms with E-state index in [1.807, 2.05) is 0 Å². The zero-order valence-corrected chi connectivity index (χ0v) is 14.1. The van der Waals surface area contributed by atoms with Gasteiger partial charge in [-0.1, -0.05) is 0 Å². The molecule has 1 aliphatic rings. The number of carbonyl (C=O) groups excluding carboxylic acids is 1. The van der Waals surface area contributed by atoms with Gasteiger partial charge in [-0.25, -0.2) is 9.37 Å². The topological polar surface area (TPSA) is 36.4 Å². The second-order valence-electron chi connectivity index (χ2n) is 6.07. The molecule has 0 amide bonds. The Bertz CT molecular complexity index is 814. The van der Waals surface area contributed by atoms with Crippen LogP contribution in [0.5, 0.6) is 0 Å². The molecular formula is C18H17F4N3O. The predicted molar refractivity (Wildman–Crippen MR) is 90.1 cm³/mol. The summed E-state index contributed by atoms with van der Waals surface area (Å²) in [6.07, 6.45) is -3.15. The van der Waals surface area contributed by atoms with Crippen molar-refractivity contribution in [2.45, 2.75) is 13.1 Å². The summed E-state index contributed by atoms with van der Waals surface area (Å²) in [7, 11) is 0. The van der Waals surface area contributed by atoms with Crippen LogP contribution in [0, 0.1) is 5.82 Å². The number of anilines is 2. The molecule has 0 bridgehead atoms. The number of ketones is 1. The number of piperazine rings is 1. The van der Waals surface area contributed by atoms with Crippen LogP contribution in [0.15, 0.2) is 36.5 Å². The first-order chi connectivity index (χ1) is 12.3. The average molecular weight is 367 g/mol. The van der Waals surface area contributed by atoms with Crippen molar-refractivity contribution in [1.82, 2.24) is 4.98 Å². The van der Waals surface area contributed by atoms with Crippen molar-refractivity contribution in [2.24, 2.45) is 0 Å². The molecule has 3 rings (SSSR count). The molecule has 4 nitrogen and oxygen atoms in total. The minimum atomic E-state index is -4.48. The van der Waals surface area contributed by atoms with Gasteiger partial charge in [-0.05, 0) is 37.3 Å². The number of aromatic nitrogens is 1. The number of hydrogen-bond acceptors (Lipinski definition) is 4. The number of nitrogens with zero attached hydrogens (tertiary/aromatic N) is 3. The van der Waals surface area contributed by atoms with Crippen molar-refractivity contribution >= 4 is 17.3 Å². The van der Waals surface area contributed by atoms with E-state index in [-0.39, 0.29) is 30.3 Å². The maximum atomic E-state index is 14.3. The fraction of sp³-hybridized carbons (Fsp3) is 0.333. The highest BCUT2D eigenvalue weighted by Gasteiger charge is 2.36. The number of carbonyl (C=O) groups is 1. The fourth-order valence-corrected chi connectivity index (χ4v) is 3.01. The van der Waals surface area contributed by atoms with Gasteiger partial charge < -0.3 is 9.80 Å². The lowest BCUT2D eigenvalue weighted by Crippen LogP contribution is -2.47. The minimum absolute atomic E-state index is 0.105. The van der Waals surface area contributed by atoms with Crippen LogP contribution in [0.2, 0.25) is 0 Å². The molecule has 2 aromatic rings. The third kappa shape index (κ3) is 3.63. The van der Waals surface area contributed by atoms with Crippen molar-refractivity contribution < 1.29 is 22.4 Å². The normalized spacial score (nSPS) is 15.3. The van der Waals surface area contributed by atoms with Gasteiger partial charge in [-0.3, -0.25) is 4.79 Å². The molecule has 1 aromatic heterocycles. The highest BCUT2D eigenvalue weighted by Crippen LogP contribution is 2.35. The van der Waals surface area contributed by atoms with Gasteiger partial charge in [-0.15, -0.1) is 0 Å². The van der Waals surface area contributed by atoms with Gasteiger partial charge in [0.1, 0.15) is 11.6 Å². The summed E-state index contributed by atoms with van der Waals surface area (Å²) < 4.78 is 53.7. The van der Waals surface area contributed by atoms with Crippen LogP contribution >= 0.6 is 0 Å². The standard InChI is InChI=1S/C18H17F4N3O/c1-12(26)13-4-5-16(15(19)11-13)24-7-9-25(10-8-24)17-14(18(20,21)22)3-2-6-23-17/h2-6,11H,7-10H2,1H3. The summed E-state index contributed by atoms with van der Waals surface area (Å²) in [4.78, 5) is 18.5. The van der Waals surface area contributed by atoms with Crippen LogP contribution < -0.4 is 9.80 Å². The van der Waals surface area contributed by atoms with Gasteiger partial charge in [0, 0.05) is 37.9 Å². The van der Waals surface area contributed by atoms with Gasteiger partial charge >= 0.3 is 6.18 Å². The van der Waals surface area contributed by atoms with Crippen molar-refractivity contribution in [3.63, 3.8) is 0 Å². The van der Waals surface area contributed by atoms with E-state index < -0.39 is 17.6 Å². The second kappa shape index (κ2) is 6.93. The van der Waals surface area contributed by atoms with E-state index in [2.05, 4.69) is 4.98 Å². The fourth-order valence-electron chi connectivity index (χ4n) is 3.01. The molecule has 8 heteroatoms. The van der Waals surface area contributed by atoms with Crippen molar-refractivity contribution in [1.29, 1.82) is 0 Å². The van der Waals surface area contributed by atoms with Gasteiger partial charge in [-0.2, -0.15) is 13.2 Å². The Morgan fingerprint density at radius 2 is 1.73 bits per heavy atom. The number of alkyl halides is 3. The van der Waals surface area contributed by atoms with Crippen LogP contribution in [0.4, 0.5) is 29.1 Å². The average Bonchev–Trinajstić information content (AvgIpc) is 2.61. The molecule has 0 N–H and O–H groups in total. The molecule has 26 heavy (non-hydrogen) atoms. The van der Waals surface area contributed by atoms with E-state index in [1.54, 1.807) is 15.9 Å². The molecular weight excluding hydrogens is 350 g/mol. The highest BCUT2D eigenvalue weighted by atomic mass is 19.4. The van der Waals surface area contributed by atoms with E-state index in [0.29, 0.717) is 18.8 Å². The van der Waals surface area contributed by atoms with Crippen LogP contribution in [-0.4, -0.2) is 36.9 Å². The lowest BCUT2D eigenvalue weighted by molar-refractivity contribution is -0.137. The highest BCUT2D eigenvalue weighted by molar-refractivity contribution is 5.94. The number of hydrogen-bond donors (Lipinski definition) is 0. The zero-order chi connectivity index (χ0) is 18.9. The minimum Gasteiger partial charge on any atom is -0.366 e. The van der Waals surface area contributed by atoms with E-state index in [9.17, 15) is 22.4 Å². The van der Waals surface area contributed by atoms with Crippen LogP contribution in [0.1, 0.15) is 22.8 Å². The third-order valence-corrected chi connectivity index (χ3v) is 4.37. The molecule has 0 aliphatic carbocycles. The van der Waals surface area contributed by atoms with Crippen LogP contribution in [-0.2, 0) is 6.18 Å². The second-order valence-corrected chi connectivity index (χ2v) is 6.07. The lowest BCUT2D eigenvalue weighted by atomic mass is 10.1. The monoisotopic (exact) mass is 367 g/mol. The van der Waals surface area contributed by atoms with E-state index in [0.717, 1.165) is 6.07 Å². The number of rotatable bonds is 3. The first-order valence-corrected chi connectivity index (χ1v) is 8.10. The number of benzene rings is 1. The molecule has 1 saturated heterocycles. The van der Waals surface area contributed by atoms with Gasteiger partial charge in [0.2, 0.25) is 0 Å². The summed E-state index contributed by atoms with van der Waals surface area (Å²) in [6, 6.07) is 6.53. The number of halogens is 4. The Balaban J connectivity index is 1.76. The van der Waals surface area contributed by atoms with Crippen LogP contribution in [0.25, 0.3) is 0 Å². The Labute approximate surface area is 148 Å². The zero-order valence-electron chi connectivity index (χ0n) is 14.1. The molecule has 138 valence electrons. The molecule has 2 heterocycles. The third-order valence-electron chi connectivity index (χ3n) is 4.37. The summed E-state index contributed by atoms with van der Waals surface area (Å²) in [5.74, 6) is -0.845. The largest absolute Gasteiger partial charge is 0.419 e. The Morgan fingerprint density at radius 3 is 2.31 bits per heavy atom. The first-order valence-electron chi connectivity index (χ1n) is 8.10. The van der Waals surface area contributed by atoms with Crippen LogP contribution in [0.3, 0.4) is 0 Å².